The molecular formula is C20H16N2O3. The summed E-state index contributed by atoms with van der Waals surface area (Å²) in [6.07, 6.45) is 4.63. The summed E-state index contributed by atoms with van der Waals surface area (Å²) in [6, 6.07) is 19.7. The Kier molecular flexibility index (Phi) is 5.07. The minimum atomic E-state index is -0.350. The van der Waals surface area contributed by atoms with Gasteiger partial charge >= 0.3 is 0 Å². The molecule has 0 spiro atoms. The minimum absolute atomic E-state index is 0.222. The fraction of sp³-hybridized carbons (Fsp3) is 0. The Bertz CT molecular complexity index is 884. The lowest BCUT2D eigenvalue weighted by Crippen LogP contribution is -2.12. The number of hydrogen-bond acceptors (Lipinski definition) is 3. The molecule has 0 aliphatic carbocycles. The van der Waals surface area contributed by atoms with Crippen LogP contribution in [0.15, 0.2) is 83.5 Å². The summed E-state index contributed by atoms with van der Waals surface area (Å²) in [4.78, 5) is 24.0. The van der Waals surface area contributed by atoms with Gasteiger partial charge in [0.15, 0.2) is 5.76 Å². The molecule has 0 saturated heterocycles. The molecule has 1 aromatic heterocycles. The van der Waals surface area contributed by atoms with Crippen LogP contribution in [0.2, 0.25) is 0 Å². The van der Waals surface area contributed by atoms with E-state index in [4.69, 9.17) is 4.42 Å². The molecule has 0 bridgehead atoms. The maximum Gasteiger partial charge on any atom is 0.291 e. The largest absolute Gasteiger partial charge is 0.459 e. The van der Waals surface area contributed by atoms with Crippen molar-refractivity contribution in [2.75, 3.05) is 10.6 Å². The van der Waals surface area contributed by atoms with Crippen LogP contribution in [-0.4, -0.2) is 11.8 Å². The van der Waals surface area contributed by atoms with Gasteiger partial charge in [-0.25, -0.2) is 0 Å². The average molecular weight is 332 g/mol. The molecule has 0 fully saturated rings. The van der Waals surface area contributed by atoms with E-state index in [0.717, 1.165) is 5.56 Å². The van der Waals surface area contributed by atoms with Crippen molar-refractivity contribution in [1.29, 1.82) is 0 Å². The zero-order valence-corrected chi connectivity index (χ0v) is 13.3. The third kappa shape index (κ3) is 4.68. The highest BCUT2D eigenvalue weighted by Gasteiger charge is 2.09. The molecule has 124 valence electrons. The van der Waals surface area contributed by atoms with Gasteiger partial charge in [0.2, 0.25) is 5.91 Å². The van der Waals surface area contributed by atoms with Crippen LogP contribution in [0.1, 0.15) is 16.1 Å². The number of nitrogens with one attached hydrogen (secondary N) is 2. The van der Waals surface area contributed by atoms with E-state index in [9.17, 15) is 9.59 Å². The molecule has 0 radical (unpaired) electrons. The third-order valence-corrected chi connectivity index (χ3v) is 3.36. The Labute approximate surface area is 145 Å². The number of anilines is 2. The van der Waals surface area contributed by atoms with Crippen LogP contribution in [0.5, 0.6) is 0 Å². The number of carbonyl (C=O) groups is 2. The highest BCUT2D eigenvalue weighted by Crippen LogP contribution is 2.16. The van der Waals surface area contributed by atoms with Crippen LogP contribution in [0.3, 0.4) is 0 Å². The smallest absolute Gasteiger partial charge is 0.291 e. The fourth-order valence-corrected chi connectivity index (χ4v) is 2.20. The van der Waals surface area contributed by atoms with E-state index in [2.05, 4.69) is 10.6 Å². The minimum Gasteiger partial charge on any atom is -0.459 e. The first kappa shape index (κ1) is 16.3. The SMILES string of the molecule is O=C(C=Cc1ccccc1)Nc1cccc(NC(=O)c2ccco2)c1. The zero-order chi connectivity index (χ0) is 17.5. The molecule has 2 amide bonds. The summed E-state index contributed by atoms with van der Waals surface area (Å²) >= 11 is 0. The van der Waals surface area contributed by atoms with Crippen molar-refractivity contribution in [2.24, 2.45) is 0 Å². The summed E-state index contributed by atoms with van der Waals surface area (Å²) in [7, 11) is 0. The van der Waals surface area contributed by atoms with Gasteiger partial charge in [-0.1, -0.05) is 36.4 Å². The van der Waals surface area contributed by atoms with Crippen LogP contribution < -0.4 is 10.6 Å². The molecule has 3 rings (SSSR count). The van der Waals surface area contributed by atoms with Gasteiger partial charge in [-0.15, -0.1) is 0 Å². The van der Waals surface area contributed by atoms with Gasteiger partial charge in [0.1, 0.15) is 0 Å². The zero-order valence-electron chi connectivity index (χ0n) is 13.3. The first-order chi connectivity index (χ1) is 12.2. The first-order valence-electron chi connectivity index (χ1n) is 7.70. The van der Waals surface area contributed by atoms with Gasteiger partial charge in [-0.2, -0.15) is 0 Å². The van der Waals surface area contributed by atoms with Gasteiger partial charge in [0.25, 0.3) is 5.91 Å². The highest BCUT2D eigenvalue weighted by molar-refractivity contribution is 6.04. The Balaban J connectivity index is 1.62. The van der Waals surface area contributed by atoms with E-state index in [-0.39, 0.29) is 17.6 Å². The summed E-state index contributed by atoms with van der Waals surface area (Å²) in [5.74, 6) is -0.379. The van der Waals surface area contributed by atoms with E-state index in [0.29, 0.717) is 11.4 Å². The number of rotatable bonds is 5. The average Bonchev–Trinajstić information content (AvgIpc) is 3.16. The molecular weight excluding hydrogens is 316 g/mol. The van der Waals surface area contributed by atoms with Crippen molar-refractivity contribution >= 4 is 29.3 Å². The summed E-state index contributed by atoms with van der Waals surface area (Å²) < 4.78 is 5.05. The molecule has 0 aliphatic heterocycles. The molecule has 2 aromatic carbocycles. The van der Waals surface area contributed by atoms with Crippen molar-refractivity contribution in [2.45, 2.75) is 0 Å². The van der Waals surface area contributed by atoms with Crippen LogP contribution in [-0.2, 0) is 4.79 Å². The summed E-state index contributed by atoms with van der Waals surface area (Å²) in [5.41, 5.74) is 2.09. The van der Waals surface area contributed by atoms with Crippen molar-refractivity contribution < 1.29 is 14.0 Å². The quantitative estimate of drug-likeness (QED) is 0.688. The van der Waals surface area contributed by atoms with E-state index in [1.54, 1.807) is 42.5 Å². The second-order valence-electron chi connectivity index (χ2n) is 5.25. The number of benzene rings is 2. The Morgan fingerprint density at radius 3 is 2.32 bits per heavy atom. The van der Waals surface area contributed by atoms with Gasteiger partial charge in [0.05, 0.1) is 6.26 Å². The lowest BCUT2D eigenvalue weighted by Gasteiger charge is -2.07. The highest BCUT2D eigenvalue weighted by atomic mass is 16.3. The van der Waals surface area contributed by atoms with E-state index >= 15 is 0 Å². The first-order valence-corrected chi connectivity index (χ1v) is 7.70. The molecule has 3 aromatic rings. The third-order valence-electron chi connectivity index (χ3n) is 3.36. The topological polar surface area (TPSA) is 71.3 Å². The predicted octanol–water partition coefficient (Wildman–Crippen LogP) is 4.18. The van der Waals surface area contributed by atoms with Crippen molar-refractivity contribution in [3.8, 4) is 0 Å². The predicted molar refractivity (Wildman–Crippen MR) is 97.2 cm³/mol. The molecule has 1 heterocycles. The Hall–Kier alpha value is -3.60. The van der Waals surface area contributed by atoms with Crippen LogP contribution in [0.25, 0.3) is 6.08 Å². The second-order valence-corrected chi connectivity index (χ2v) is 5.25. The maximum absolute atomic E-state index is 12.0. The summed E-state index contributed by atoms with van der Waals surface area (Å²) in [5, 5.41) is 5.47. The van der Waals surface area contributed by atoms with Gasteiger partial charge in [0, 0.05) is 17.5 Å². The van der Waals surface area contributed by atoms with Gasteiger partial charge < -0.3 is 15.1 Å². The van der Waals surface area contributed by atoms with E-state index < -0.39 is 0 Å². The molecule has 0 saturated carbocycles. The normalized spacial score (nSPS) is 10.6. The van der Waals surface area contributed by atoms with Crippen LogP contribution in [0.4, 0.5) is 11.4 Å². The van der Waals surface area contributed by atoms with E-state index in [1.165, 1.54) is 12.3 Å². The molecule has 0 aliphatic rings. The van der Waals surface area contributed by atoms with Crippen LogP contribution in [0, 0.1) is 0 Å². The van der Waals surface area contributed by atoms with Gasteiger partial charge in [-0.05, 0) is 42.0 Å². The number of hydrogen-bond donors (Lipinski definition) is 2. The van der Waals surface area contributed by atoms with Crippen LogP contribution >= 0.6 is 0 Å². The lowest BCUT2D eigenvalue weighted by atomic mass is 10.2. The van der Waals surface area contributed by atoms with Crippen molar-refractivity contribution in [1.82, 2.24) is 0 Å². The number of carbonyl (C=O) groups excluding carboxylic acids is 2. The van der Waals surface area contributed by atoms with Crippen molar-refractivity contribution in [3.05, 3.63) is 90.4 Å². The molecule has 25 heavy (non-hydrogen) atoms. The molecule has 5 heteroatoms. The Morgan fingerprint density at radius 1 is 0.840 bits per heavy atom. The Morgan fingerprint density at radius 2 is 1.60 bits per heavy atom. The number of amides is 2. The second kappa shape index (κ2) is 7.79. The molecule has 5 nitrogen and oxygen atoms in total. The fourth-order valence-electron chi connectivity index (χ4n) is 2.20. The molecule has 0 atom stereocenters. The monoisotopic (exact) mass is 332 g/mol. The molecule has 2 N–H and O–H groups in total. The molecule has 0 unspecified atom stereocenters. The van der Waals surface area contributed by atoms with Crippen molar-refractivity contribution in [3.63, 3.8) is 0 Å². The maximum atomic E-state index is 12.0. The van der Waals surface area contributed by atoms with Gasteiger partial charge in [-0.3, -0.25) is 9.59 Å². The number of furan rings is 1. The summed E-state index contributed by atoms with van der Waals surface area (Å²) in [6.45, 7) is 0. The lowest BCUT2D eigenvalue weighted by molar-refractivity contribution is -0.111. The standard InChI is InChI=1S/C20H16N2O3/c23-19(12-11-15-6-2-1-3-7-15)21-16-8-4-9-17(14-16)22-20(24)18-10-5-13-25-18/h1-14H,(H,21,23)(H,22,24). The van der Waals surface area contributed by atoms with E-state index in [1.807, 2.05) is 30.3 Å².